The minimum Gasteiger partial charge on any atom is -0.497 e. The first-order valence-corrected chi connectivity index (χ1v) is 9.88. The number of anilines is 2. The highest BCUT2D eigenvalue weighted by Crippen LogP contribution is 2.17. The predicted octanol–water partition coefficient (Wildman–Crippen LogP) is 3.35. The number of benzene rings is 3. The van der Waals surface area contributed by atoms with E-state index in [9.17, 15) is 14.0 Å². The first kappa shape index (κ1) is 22.0. The van der Waals surface area contributed by atoms with Crippen LogP contribution in [0.3, 0.4) is 0 Å². The molecule has 0 aliphatic heterocycles. The van der Waals surface area contributed by atoms with Crippen molar-refractivity contribution < 1.29 is 24.0 Å². The largest absolute Gasteiger partial charge is 0.497 e. The van der Waals surface area contributed by atoms with Crippen molar-refractivity contribution in [2.24, 2.45) is 0 Å². The Morgan fingerprint density at radius 3 is 2.10 bits per heavy atom. The number of ether oxygens (including phenoxy) is 1. The van der Waals surface area contributed by atoms with E-state index < -0.39 is 0 Å². The number of rotatable bonds is 8. The van der Waals surface area contributed by atoms with Crippen LogP contribution in [0.1, 0.15) is 28.9 Å². The highest BCUT2D eigenvalue weighted by atomic mass is 19.1. The molecule has 0 aliphatic carbocycles. The number of methoxy groups -OCH3 is 1. The normalized spacial score (nSPS) is 11.5. The van der Waals surface area contributed by atoms with Crippen molar-refractivity contribution in [3.63, 3.8) is 0 Å². The molecule has 7 heteroatoms. The number of hydrogen-bond donors (Lipinski definition) is 3. The number of quaternary nitrogens is 1. The maximum atomic E-state index is 13.0. The summed E-state index contributed by atoms with van der Waals surface area (Å²) in [6, 6.07) is 20.0. The van der Waals surface area contributed by atoms with E-state index in [-0.39, 0.29) is 30.2 Å². The topological polar surface area (TPSA) is 84.0 Å². The molecule has 0 aromatic heterocycles. The van der Waals surface area contributed by atoms with Gasteiger partial charge >= 0.3 is 0 Å². The van der Waals surface area contributed by atoms with Gasteiger partial charge < -0.3 is 20.7 Å². The van der Waals surface area contributed by atoms with Crippen LogP contribution in [0.2, 0.25) is 0 Å². The van der Waals surface area contributed by atoms with E-state index in [2.05, 4.69) is 10.6 Å². The van der Waals surface area contributed by atoms with Gasteiger partial charge in [-0.2, -0.15) is 0 Å². The second kappa shape index (κ2) is 10.4. The summed E-state index contributed by atoms with van der Waals surface area (Å²) in [6.07, 6.45) is 0. The van der Waals surface area contributed by atoms with E-state index in [0.29, 0.717) is 22.7 Å². The van der Waals surface area contributed by atoms with Gasteiger partial charge in [0.15, 0.2) is 6.54 Å². The standard InChI is InChI=1S/C24H24FN3O3/c1-16(17-3-7-19(25)8-4-17)26-15-23(29)27-20-9-5-18(6-10-20)24(30)28-21-11-13-22(31-2)14-12-21/h3-14,16,26H,15H2,1-2H3,(H,27,29)(H,28,30)/p+1/t16-/m1/s1. The Labute approximate surface area is 180 Å². The average Bonchev–Trinajstić information content (AvgIpc) is 2.79. The third kappa shape index (κ3) is 6.38. The lowest BCUT2D eigenvalue weighted by Crippen LogP contribution is -2.86. The summed E-state index contributed by atoms with van der Waals surface area (Å²) in [6.45, 7) is 2.18. The average molecular weight is 422 g/mol. The number of nitrogens with two attached hydrogens (primary N) is 1. The fraction of sp³-hybridized carbons (Fsp3) is 0.167. The van der Waals surface area contributed by atoms with Crippen molar-refractivity contribution in [2.75, 3.05) is 24.3 Å². The second-order valence-corrected chi connectivity index (χ2v) is 7.09. The van der Waals surface area contributed by atoms with Crippen LogP contribution < -0.4 is 20.7 Å². The summed E-state index contributed by atoms with van der Waals surface area (Å²) in [5, 5.41) is 7.50. The fourth-order valence-electron chi connectivity index (χ4n) is 2.98. The van der Waals surface area contributed by atoms with Gasteiger partial charge in [0.2, 0.25) is 0 Å². The van der Waals surface area contributed by atoms with E-state index in [1.807, 2.05) is 12.2 Å². The summed E-state index contributed by atoms with van der Waals surface area (Å²) in [5.41, 5.74) is 2.69. The first-order valence-electron chi connectivity index (χ1n) is 9.88. The van der Waals surface area contributed by atoms with Crippen LogP contribution in [0.5, 0.6) is 5.75 Å². The Kier molecular flexibility index (Phi) is 7.35. The predicted molar refractivity (Wildman–Crippen MR) is 118 cm³/mol. The molecule has 0 spiro atoms. The Balaban J connectivity index is 1.49. The maximum absolute atomic E-state index is 13.0. The molecule has 160 valence electrons. The lowest BCUT2D eigenvalue weighted by Gasteiger charge is -2.11. The molecule has 4 N–H and O–H groups in total. The molecule has 6 nitrogen and oxygen atoms in total. The summed E-state index contributed by atoms with van der Waals surface area (Å²) in [4.78, 5) is 24.6. The minimum atomic E-state index is -0.283. The van der Waals surface area contributed by atoms with Gasteiger partial charge in [-0.1, -0.05) is 12.1 Å². The number of halogens is 1. The van der Waals surface area contributed by atoms with Gasteiger partial charge in [-0.3, -0.25) is 9.59 Å². The van der Waals surface area contributed by atoms with Crippen molar-refractivity contribution >= 4 is 23.2 Å². The molecule has 3 aromatic carbocycles. The molecule has 1 atom stereocenters. The summed E-state index contributed by atoms with van der Waals surface area (Å²) < 4.78 is 18.1. The molecule has 0 radical (unpaired) electrons. The Morgan fingerprint density at radius 1 is 0.903 bits per heavy atom. The van der Waals surface area contributed by atoms with Gasteiger partial charge in [-0.05, 0) is 67.6 Å². The third-order valence-electron chi connectivity index (χ3n) is 4.83. The van der Waals surface area contributed by atoms with Crippen LogP contribution in [-0.2, 0) is 4.79 Å². The van der Waals surface area contributed by atoms with Crippen molar-refractivity contribution in [1.29, 1.82) is 0 Å². The van der Waals surface area contributed by atoms with Crippen LogP contribution in [0, 0.1) is 5.82 Å². The minimum absolute atomic E-state index is 0.0235. The molecule has 31 heavy (non-hydrogen) atoms. The van der Waals surface area contributed by atoms with Crippen LogP contribution in [-0.4, -0.2) is 25.5 Å². The van der Waals surface area contributed by atoms with E-state index in [0.717, 1.165) is 5.56 Å². The van der Waals surface area contributed by atoms with Gasteiger partial charge in [0.05, 0.1) is 7.11 Å². The molecule has 3 rings (SSSR count). The van der Waals surface area contributed by atoms with Crippen molar-refractivity contribution in [3.05, 3.63) is 89.7 Å². The maximum Gasteiger partial charge on any atom is 0.279 e. The van der Waals surface area contributed by atoms with Crippen LogP contribution in [0.15, 0.2) is 72.8 Å². The Bertz CT molecular complexity index is 1020. The van der Waals surface area contributed by atoms with Gasteiger partial charge in [0.25, 0.3) is 11.8 Å². The van der Waals surface area contributed by atoms with Crippen LogP contribution >= 0.6 is 0 Å². The molecular weight excluding hydrogens is 397 g/mol. The van der Waals surface area contributed by atoms with Crippen molar-refractivity contribution in [3.8, 4) is 5.75 Å². The molecule has 0 unspecified atom stereocenters. The number of nitrogens with one attached hydrogen (secondary N) is 2. The smallest absolute Gasteiger partial charge is 0.279 e. The molecular formula is C24H25FN3O3+. The summed E-state index contributed by atoms with van der Waals surface area (Å²) in [5.74, 6) is 0.0196. The molecule has 0 saturated carbocycles. The lowest BCUT2D eigenvalue weighted by molar-refractivity contribution is -0.682. The van der Waals surface area contributed by atoms with Gasteiger partial charge in [0, 0.05) is 22.5 Å². The molecule has 0 fully saturated rings. The van der Waals surface area contributed by atoms with Gasteiger partial charge in [-0.25, -0.2) is 4.39 Å². The number of amides is 2. The van der Waals surface area contributed by atoms with E-state index in [4.69, 9.17) is 4.74 Å². The summed E-state index contributed by atoms with van der Waals surface area (Å²) >= 11 is 0. The van der Waals surface area contributed by atoms with Gasteiger partial charge in [0.1, 0.15) is 17.6 Å². The van der Waals surface area contributed by atoms with Crippen molar-refractivity contribution in [1.82, 2.24) is 0 Å². The highest BCUT2D eigenvalue weighted by Gasteiger charge is 2.12. The molecule has 0 saturated heterocycles. The molecule has 2 amide bonds. The number of carbonyl (C=O) groups is 2. The zero-order valence-electron chi connectivity index (χ0n) is 17.4. The van der Waals surface area contributed by atoms with Gasteiger partial charge in [-0.15, -0.1) is 0 Å². The van der Waals surface area contributed by atoms with E-state index in [1.54, 1.807) is 67.8 Å². The molecule has 3 aromatic rings. The molecule has 0 heterocycles. The summed E-state index contributed by atoms with van der Waals surface area (Å²) in [7, 11) is 1.58. The quantitative estimate of drug-likeness (QED) is 0.521. The number of hydrogen-bond acceptors (Lipinski definition) is 3. The van der Waals surface area contributed by atoms with E-state index in [1.165, 1.54) is 12.1 Å². The third-order valence-corrected chi connectivity index (χ3v) is 4.83. The second-order valence-electron chi connectivity index (χ2n) is 7.09. The van der Waals surface area contributed by atoms with Crippen molar-refractivity contribution in [2.45, 2.75) is 13.0 Å². The fourth-order valence-corrected chi connectivity index (χ4v) is 2.98. The van der Waals surface area contributed by atoms with Crippen LogP contribution in [0.25, 0.3) is 0 Å². The highest BCUT2D eigenvalue weighted by molar-refractivity contribution is 6.04. The zero-order chi connectivity index (χ0) is 22.2. The molecule has 0 bridgehead atoms. The zero-order valence-corrected chi connectivity index (χ0v) is 17.4. The number of carbonyl (C=O) groups excluding carboxylic acids is 2. The SMILES string of the molecule is COc1ccc(NC(=O)c2ccc(NC(=O)C[NH2+][C@H](C)c3ccc(F)cc3)cc2)cc1. The van der Waals surface area contributed by atoms with Crippen LogP contribution in [0.4, 0.5) is 15.8 Å². The first-order chi connectivity index (χ1) is 14.9. The Hall–Kier alpha value is -3.71. The molecule has 0 aliphatic rings. The monoisotopic (exact) mass is 422 g/mol. The Morgan fingerprint density at radius 2 is 1.48 bits per heavy atom. The van der Waals surface area contributed by atoms with E-state index >= 15 is 0 Å². The lowest BCUT2D eigenvalue weighted by atomic mass is 10.1.